The molecule has 0 aliphatic carbocycles. The van der Waals surface area contributed by atoms with E-state index in [4.69, 9.17) is 9.47 Å². The summed E-state index contributed by atoms with van der Waals surface area (Å²) in [6.07, 6.45) is 8.64. The number of likely N-dealkylation sites (tertiary alicyclic amines) is 1. The van der Waals surface area contributed by atoms with Crippen molar-refractivity contribution in [3.63, 3.8) is 0 Å². The second kappa shape index (κ2) is 8.65. The molecule has 7 nitrogen and oxygen atoms in total. The molecule has 0 aromatic carbocycles. The number of carbonyl (C=O) groups excluding carboxylic acids is 1. The molecule has 2 aromatic rings. The van der Waals surface area contributed by atoms with Crippen LogP contribution in [-0.2, 0) is 9.53 Å². The summed E-state index contributed by atoms with van der Waals surface area (Å²) >= 11 is 0. The van der Waals surface area contributed by atoms with Gasteiger partial charge in [0.15, 0.2) is 5.75 Å². The highest BCUT2D eigenvalue weighted by atomic mass is 16.5. The molecular weight excluding hydrogens is 356 g/mol. The molecule has 1 amide bonds. The number of ether oxygens (including phenoxy) is 2. The van der Waals surface area contributed by atoms with E-state index in [0.717, 1.165) is 43.6 Å². The molecule has 2 saturated heterocycles. The number of amides is 1. The maximum atomic E-state index is 12.9. The van der Waals surface area contributed by atoms with Crippen molar-refractivity contribution in [1.29, 1.82) is 0 Å². The largest absolute Gasteiger partial charge is 0.435 e. The lowest BCUT2D eigenvalue weighted by Crippen LogP contribution is -2.43. The van der Waals surface area contributed by atoms with E-state index in [9.17, 15) is 4.79 Å². The van der Waals surface area contributed by atoms with Gasteiger partial charge < -0.3 is 14.4 Å². The minimum Gasteiger partial charge on any atom is -0.435 e. The lowest BCUT2D eigenvalue weighted by Gasteiger charge is -2.35. The summed E-state index contributed by atoms with van der Waals surface area (Å²) in [5, 5.41) is 0. The zero-order valence-corrected chi connectivity index (χ0v) is 16.2. The highest BCUT2D eigenvalue weighted by Gasteiger charge is 2.32. The summed E-state index contributed by atoms with van der Waals surface area (Å²) in [6.45, 7) is 4.74. The summed E-state index contributed by atoms with van der Waals surface area (Å²) in [4.78, 5) is 28.2. The van der Waals surface area contributed by atoms with Gasteiger partial charge in [0.25, 0.3) is 0 Å². The van der Waals surface area contributed by atoms with E-state index in [0.29, 0.717) is 31.4 Å². The van der Waals surface area contributed by atoms with Crippen LogP contribution in [0.5, 0.6) is 11.6 Å². The molecule has 0 N–H and O–H groups in total. The van der Waals surface area contributed by atoms with Crippen LogP contribution in [0.2, 0.25) is 0 Å². The maximum Gasteiger partial charge on any atom is 0.241 e. The molecule has 0 saturated carbocycles. The molecule has 4 heterocycles. The zero-order valence-electron chi connectivity index (χ0n) is 16.2. The number of hydrogen-bond acceptors (Lipinski definition) is 6. The van der Waals surface area contributed by atoms with Gasteiger partial charge in [-0.15, -0.1) is 0 Å². The average Bonchev–Trinajstić information content (AvgIpc) is 2.76. The SMILES string of the molecule is Cc1ncccc1Oc1nccnc1C1CCCN(C(=O)C2CCOCC2)C1. The summed E-state index contributed by atoms with van der Waals surface area (Å²) < 4.78 is 11.4. The third-order valence-electron chi connectivity index (χ3n) is 5.55. The van der Waals surface area contributed by atoms with Gasteiger partial charge in [-0.25, -0.2) is 4.98 Å². The fraction of sp³-hybridized carbons (Fsp3) is 0.524. The fourth-order valence-electron chi connectivity index (χ4n) is 3.98. The Morgan fingerprint density at radius 2 is 1.96 bits per heavy atom. The van der Waals surface area contributed by atoms with Crippen molar-refractivity contribution in [3.05, 3.63) is 42.1 Å². The summed E-state index contributed by atoms with van der Waals surface area (Å²) in [5.41, 5.74) is 1.62. The molecule has 28 heavy (non-hydrogen) atoms. The van der Waals surface area contributed by atoms with Crippen LogP contribution in [0.3, 0.4) is 0 Å². The third kappa shape index (κ3) is 4.14. The number of piperidine rings is 1. The number of nitrogens with zero attached hydrogens (tertiary/aromatic N) is 4. The zero-order chi connectivity index (χ0) is 19.3. The van der Waals surface area contributed by atoms with Gasteiger partial charge in [-0.05, 0) is 44.7 Å². The van der Waals surface area contributed by atoms with Crippen LogP contribution >= 0.6 is 0 Å². The van der Waals surface area contributed by atoms with E-state index >= 15 is 0 Å². The first-order chi connectivity index (χ1) is 13.7. The van der Waals surface area contributed by atoms with Crippen molar-refractivity contribution in [2.24, 2.45) is 5.92 Å². The first kappa shape index (κ1) is 18.8. The van der Waals surface area contributed by atoms with E-state index in [1.807, 2.05) is 24.0 Å². The highest BCUT2D eigenvalue weighted by Crippen LogP contribution is 2.34. The lowest BCUT2D eigenvalue weighted by molar-refractivity contribution is -0.139. The smallest absolute Gasteiger partial charge is 0.241 e. The summed E-state index contributed by atoms with van der Waals surface area (Å²) in [7, 11) is 0. The monoisotopic (exact) mass is 382 g/mol. The molecule has 2 fully saturated rings. The first-order valence-electron chi connectivity index (χ1n) is 9.99. The molecule has 0 radical (unpaired) electrons. The molecule has 1 atom stereocenters. The van der Waals surface area contributed by atoms with E-state index in [-0.39, 0.29) is 17.7 Å². The number of pyridine rings is 1. The Morgan fingerprint density at radius 1 is 1.14 bits per heavy atom. The Bertz CT molecular complexity index is 823. The Kier molecular flexibility index (Phi) is 5.81. The average molecular weight is 382 g/mol. The van der Waals surface area contributed by atoms with E-state index in [1.165, 1.54) is 0 Å². The molecule has 1 unspecified atom stereocenters. The van der Waals surface area contributed by atoms with Crippen LogP contribution in [0.4, 0.5) is 0 Å². The van der Waals surface area contributed by atoms with Crippen LogP contribution in [0.1, 0.15) is 43.0 Å². The van der Waals surface area contributed by atoms with Crippen molar-refractivity contribution < 1.29 is 14.3 Å². The normalized spacial score (nSPS) is 20.8. The van der Waals surface area contributed by atoms with Gasteiger partial charge in [0.1, 0.15) is 5.69 Å². The summed E-state index contributed by atoms with van der Waals surface area (Å²) in [5.74, 6) is 1.64. The Morgan fingerprint density at radius 3 is 2.79 bits per heavy atom. The quantitative estimate of drug-likeness (QED) is 0.809. The van der Waals surface area contributed by atoms with Crippen molar-refractivity contribution in [2.75, 3.05) is 26.3 Å². The minimum absolute atomic E-state index is 0.0862. The number of aryl methyl sites for hydroxylation is 1. The van der Waals surface area contributed by atoms with E-state index in [2.05, 4.69) is 15.0 Å². The van der Waals surface area contributed by atoms with Gasteiger partial charge in [-0.2, -0.15) is 0 Å². The van der Waals surface area contributed by atoms with Gasteiger partial charge in [0, 0.05) is 56.7 Å². The Hall–Kier alpha value is -2.54. The molecular formula is C21H26N4O3. The number of carbonyl (C=O) groups is 1. The third-order valence-corrected chi connectivity index (χ3v) is 5.55. The van der Waals surface area contributed by atoms with Crippen LogP contribution in [0.15, 0.2) is 30.7 Å². The predicted molar refractivity (Wildman–Crippen MR) is 103 cm³/mol. The van der Waals surface area contributed by atoms with Crippen molar-refractivity contribution in [1.82, 2.24) is 19.9 Å². The van der Waals surface area contributed by atoms with E-state index < -0.39 is 0 Å². The highest BCUT2D eigenvalue weighted by molar-refractivity contribution is 5.79. The van der Waals surface area contributed by atoms with Gasteiger partial charge >= 0.3 is 0 Å². The van der Waals surface area contributed by atoms with Crippen LogP contribution < -0.4 is 4.74 Å². The number of hydrogen-bond donors (Lipinski definition) is 0. The molecule has 7 heteroatoms. The second-order valence-corrected chi connectivity index (χ2v) is 7.45. The molecule has 4 rings (SSSR count). The van der Waals surface area contributed by atoms with Crippen molar-refractivity contribution >= 4 is 5.91 Å². The molecule has 0 bridgehead atoms. The standard InChI is InChI=1S/C21H26N4O3/c1-15-18(5-2-8-22-15)28-20-19(23-9-10-24-20)17-4-3-11-25(14-17)21(26)16-6-12-27-13-7-16/h2,5,8-10,16-17H,3-4,6-7,11-14H2,1H3. The predicted octanol–water partition coefficient (Wildman–Crippen LogP) is 3.10. The van der Waals surface area contributed by atoms with Crippen LogP contribution in [-0.4, -0.2) is 52.1 Å². The van der Waals surface area contributed by atoms with E-state index in [1.54, 1.807) is 18.6 Å². The Balaban J connectivity index is 1.51. The number of aromatic nitrogens is 3. The fourth-order valence-corrected chi connectivity index (χ4v) is 3.98. The minimum atomic E-state index is 0.0862. The second-order valence-electron chi connectivity index (χ2n) is 7.45. The molecule has 2 aliphatic rings. The van der Waals surface area contributed by atoms with Crippen LogP contribution in [0, 0.1) is 12.8 Å². The van der Waals surface area contributed by atoms with Gasteiger partial charge in [-0.3, -0.25) is 14.8 Å². The molecule has 2 aromatic heterocycles. The lowest BCUT2D eigenvalue weighted by atomic mass is 9.92. The molecule has 148 valence electrons. The first-order valence-corrected chi connectivity index (χ1v) is 9.99. The Labute approximate surface area is 165 Å². The van der Waals surface area contributed by atoms with Gasteiger partial charge in [-0.1, -0.05) is 0 Å². The van der Waals surface area contributed by atoms with Crippen LogP contribution in [0.25, 0.3) is 0 Å². The summed E-state index contributed by atoms with van der Waals surface area (Å²) in [6, 6.07) is 3.72. The van der Waals surface area contributed by atoms with Crippen molar-refractivity contribution in [2.45, 2.75) is 38.5 Å². The van der Waals surface area contributed by atoms with Crippen molar-refractivity contribution in [3.8, 4) is 11.6 Å². The maximum absolute atomic E-state index is 12.9. The van der Waals surface area contributed by atoms with Gasteiger partial charge in [0.05, 0.1) is 5.69 Å². The van der Waals surface area contributed by atoms with Gasteiger partial charge in [0.2, 0.25) is 11.8 Å². The molecule has 0 spiro atoms. The molecule has 2 aliphatic heterocycles. The topological polar surface area (TPSA) is 77.4 Å². The number of rotatable bonds is 4.